The van der Waals surface area contributed by atoms with E-state index >= 15 is 0 Å². The summed E-state index contributed by atoms with van der Waals surface area (Å²) in [5.41, 5.74) is 2.08. The van der Waals surface area contributed by atoms with Gasteiger partial charge in [0.1, 0.15) is 5.69 Å². The van der Waals surface area contributed by atoms with Gasteiger partial charge in [0, 0.05) is 31.7 Å². The van der Waals surface area contributed by atoms with Crippen LogP contribution >= 0.6 is 0 Å². The molecule has 0 bridgehead atoms. The van der Waals surface area contributed by atoms with Crippen molar-refractivity contribution in [1.82, 2.24) is 14.7 Å². The molecular weight excluding hydrogens is 274 g/mol. The predicted molar refractivity (Wildman–Crippen MR) is 86.8 cm³/mol. The third-order valence-electron chi connectivity index (χ3n) is 4.67. The molecule has 4 nitrogen and oxygen atoms in total. The highest BCUT2D eigenvalue weighted by atomic mass is 16.2. The zero-order valence-electron chi connectivity index (χ0n) is 13.5. The molecule has 1 aliphatic rings. The number of benzene rings is 1. The van der Waals surface area contributed by atoms with Gasteiger partial charge in [-0.25, -0.2) is 0 Å². The SMILES string of the molecule is CCn1nccc1C(=O)N1C[C@H](c2ccccc2)C(C)(C)C1. The zero-order chi connectivity index (χ0) is 15.7. The fraction of sp³-hybridized carbons (Fsp3) is 0.444. The summed E-state index contributed by atoms with van der Waals surface area (Å²) in [5, 5.41) is 4.21. The number of aryl methyl sites for hydroxylation is 1. The molecule has 0 saturated carbocycles. The Hall–Kier alpha value is -2.10. The van der Waals surface area contributed by atoms with Crippen molar-refractivity contribution in [3.8, 4) is 0 Å². The van der Waals surface area contributed by atoms with Gasteiger partial charge in [0.2, 0.25) is 0 Å². The molecule has 0 spiro atoms. The van der Waals surface area contributed by atoms with E-state index in [-0.39, 0.29) is 11.3 Å². The number of aromatic nitrogens is 2. The molecule has 0 radical (unpaired) electrons. The molecule has 0 unspecified atom stereocenters. The van der Waals surface area contributed by atoms with Crippen molar-refractivity contribution in [3.63, 3.8) is 0 Å². The number of hydrogen-bond donors (Lipinski definition) is 0. The molecule has 1 aromatic heterocycles. The Bertz CT molecular complexity index is 660. The largest absolute Gasteiger partial charge is 0.336 e. The van der Waals surface area contributed by atoms with Gasteiger partial charge in [-0.05, 0) is 24.0 Å². The third-order valence-corrected chi connectivity index (χ3v) is 4.67. The Balaban J connectivity index is 1.85. The summed E-state index contributed by atoms with van der Waals surface area (Å²) in [6.45, 7) is 8.76. The van der Waals surface area contributed by atoms with E-state index in [0.29, 0.717) is 18.2 Å². The van der Waals surface area contributed by atoms with E-state index in [1.165, 1.54) is 5.56 Å². The van der Waals surface area contributed by atoms with Crippen LogP contribution in [0.15, 0.2) is 42.6 Å². The van der Waals surface area contributed by atoms with Crippen molar-refractivity contribution in [2.24, 2.45) is 5.41 Å². The number of hydrogen-bond acceptors (Lipinski definition) is 2. The monoisotopic (exact) mass is 297 g/mol. The minimum Gasteiger partial charge on any atom is -0.336 e. The topological polar surface area (TPSA) is 38.1 Å². The van der Waals surface area contributed by atoms with Crippen molar-refractivity contribution in [1.29, 1.82) is 0 Å². The van der Waals surface area contributed by atoms with Crippen LogP contribution in [0.3, 0.4) is 0 Å². The van der Waals surface area contributed by atoms with E-state index in [4.69, 9.17) is 0 Å². The first kappa shape index (κ1) is 14.8. The van der Waals surface area contributed by atoms with Crippen molar-refractivity contribution in [2.45, 2.75) is 33.2 Å². The van der Waals surface area contributed by atoms with E-state index in [9.17, 15) is 4.79 Å². The van der Waals surface area contributed by atoms with Crippen molar-refractivity contribution in [3.05, 3.63) is 53.9 Å². The van der Waals surface area contributed by atoms with E-state index in [1.807, 2.05) is 24.0 Å². The van der Waals surface area contributed by atoms with Gasteiger partial charge in [0.05, 0.1) is 0 Å². The Kier molecular flexibility index (Phi) is 3.77. The highest BCUT2D eigenvalue weighted by molar-refractivity contribution is 5.92. The van der Waals surface area contributed by atoms with Gasteiger partial charge < -0.3 is 4.90 Å². The van der Waals surface area contributed by atoms with Crippen LogP contribution in [0.2, 0.25) is 0 Å². The first-order valence-electron chi connectivity index (χ1n) is 7.89. The van der Waals surface area contributed by atoms with Crippen molar-refractivity contribution in [2.75, 3.05) is 13.1 Å². The van der Waals surface area contributed by atoms with Crippen LogP contribution < -0.4 is 0 Å². The second-order valence-electron chi connectivity index (χ2n) is 6.67. The highest BCUT2D eigenvalue weighted by Crippen LogP contribution is 2.42. The molecule has 1 atom stereocenters. The fourth-order valence-corrected chi connectivity index (χ4v) is 3.46. The average Bonchev–Trinajstić information content (AvgIpc) is 3.11. The van der Waals surface area contributed by atoms with E-state index in [0.717, 1.165) is 13.1 Å². The van der Waals surface area contributed by atoms with Crippen LogP contribution in [0, 0.1) is 5.41 Å². The van der Waals surface area contributed by atoms with E-state index < -0.39 is 0 Å². The Morgan fingerprint density at radius 2 is 2.00 bits per heavy atom. The van der Waals surface area contributed by atoms with Crippen molar-refractivity contribution >= 4 is 5.91 Å². The maximum Gasteiger partial charge on any atom is 0.272 e. The molecule has 116 valence electrons. The summed E-state index contributed by atoms with van der Waals surface area (Å²) in [4.78, 5) is 14.8. The summed E-state index contributed by atoms with van der Waals surface area (Å²) in [6, 6.07) is 12.3. The van der Waals surface area contributed by atoms with Crippen LogP contribution in [0.4, 0.5) is 0 Å². The first-order chi connectivity index (χ1) is 10.5. The van der Waals surface area contributed by atoms with Crippen LogP contribution in [-0.2, 0) is 6.54 Å². The van der Waals surface area contributed by atoms with Gasteiger partial charge in [0.15, 0.2) is 0 Å². The second-order valence-corrected chi connectivity index (χ2v) is 6.67. The molecular formula is C18H23N3O. The fourth-order valence-electron chi connectivity index (χ4n) is 3.46. The Morgan fingerprint density at radius 1 is 1.27 bits per heavy atom. The van der Waals surface area contributed by atoms with Crippen LogP contribution in [0.1, 0.15) is 42.7 Å². The number of carbonyl (C=O) groups excluding carboxylic acids is 1. The molecule has 0 N–H and O–H groups in total. The minimum absolute atomic E-state index is 0.0775. The minimum atomic E-state index is 0.0775. The molecule has 0 aliphatic carbocycles. The standard InChI is InChI=1S/C18H23N3O/c1-4-21-16(10-11-19-21)17(22)20-12-15(18(2,3)13-20)14-8-6-5-7-9-14/h5-11,15H,4,12-13H2,1-3H3/t15-/m1/s1. The van der Waals surface area contributed by atoms with Gasteiger partial charge >= 0.3 is 0 Å². The molecule has 1 aliphatic heterocycles. The lowest BCUT2D eigenvalue weighted by Gasteiger charge is -2.25. The van der Waals surface area contributed by atoms with Gasteiger partial charge in [-0.2, -0.15) is 5.10 Å². The van der Waals surface area contributed by atoms with E-state index in [1.54, 1.807) is 10.9 Å². The number of carbonyl (C=O) groups is 1. The number of rotatable bonds is 3. The Morgan fingerprint density at radius 3 is 2.68 bits per heavy atom. The summed E-state index contributed by atoms with van der Waals surface area (Å²) in [5.74, 6) is 0.460. The lowest BCUT2D eigenvalue weighted by Crippen LogP contribution is -2.31. The molecule has 1 amide bonds. The number of nitrogens with zero attached hydrogens (tertiary/aromatic N) is 3. The third kappa shape index (κ3) is 2.54. The molecule has 22 heavy (non-hydrogen) atoms. The molecule has 1 fully saturated rings. The van der Waals surface area contributed by atoms with Gasteiger partial charge in [0.25, 0.3) is 5.91 Å². The summed E-state index contributed by atoms with van der Waals surface area (Å²) < 4.78 is 1.77. The zero-order valence-corrected chi connectivity index (χ0v) is 13.5. The summed E-state index contributed by atoms with van der Waals surface area (Å²) in [6.07, 6.45) is 1.70. The smallest absolute Gasteiger partial charge is 0.272 e. The van der Waals surface area contributed by atoms with Gasteiger partial charge in [-0.1, -0.05) is 44.2 Å². The molecule has 3 rings (SSSR count). The molecule has 1 saturated heterocycles. The maximum atomic E-state index is 12.8. The Labute approximate surface area is 131 Å². The van der Waals surface area contributed by atoms with E-state index in [2.05, 4.69) is 43.2 Å². The van der Waals surface area contributed by atoms with Gasteiger partial charge in [-0.3, -0.25) is 9.48 Å². The predicted octanol–water partition coefficient (Wildman–Crippen LogP) is 3.17. The van der Waals surface area contributed by atoms with Crippen LogP contribution in [0.5, 0.6) is 0 Å². The van der Waals surface area contributed by atoms with Crippen LogP contribution in [-0.4, -0.2) is 33.7 Å². The second kappa shape index (κ2) is 5.59. The van der Waals surface area contributed by atoms with Crippen molar-refractivity contribution < 1.29 is 4.79 Å². The normalized spacial score (nSPS) is 20.3. The average molecular weight is 297 g/mol. The molecule has 2 aromatic rings. The highest BCUT2D eigenvalue weighted by Gasteiger charge is 2.42. The van der Waals surface area contributed by atoms with Gasteiger partial charge in [-0.15, -0.1) is 0 Å². The number of amides is 1. The lowest BCUT2D eigenvalue weighted by atomic mass is 9.78. The summed E-state index contributed by atoms with van der Waals surface area (Å²) in [7, 11) is 0. The maximum absolute atomic E-state index is 12.8. The first-order valence-corrected chi connectivity index (χ1v) is 7.89. The molecule has 4 heteroatoms. The quantitative estimate of drug-likeness (QED) is 0.872. The summed E-state index contributed by atoms with van der Waals surface area (Å²) >= 11 is 0. The molecule has 2 heterocycles. The lowest BCUT2D eigenvalue weighted by molar-refractivity contribution is 0.0765. The number of likely N-dealkylation sites (tertiary alicyclic amines) is 1. The molecule has 1 aromatic carbocycles. The van der Waals surface area contributed by atoms with Crippen LogP contribution in [0.25, 0.3) is 0 Å².